The minimum absolute atomic E-state index is 0.257. The van der Waals surface area contributed by atoms with E-state index < -0.39 is 5.60 Å². The van der Waals surface area contributed by atoms with Gasteiger partial charge in [0.2, 0.25) is 0 Å². The molecule has 0 aromatic carbocycles. The molecule has 16 heavy (non-hydrogen) atoms. The first kappa shape index (κ1) is 13.1. The van der Waals surface area contributed by atoms with Gasteiger partial charge in [0, 0.05) is 6.04 Å². The largest absolute Gasteiger partial charge is 0.444 e. The average Bonchev–Trinajstić information content (AvgIpc) is 2.50. The molecule has 3 heteroatoms. The van der Waals surface area contributed by atoms with E-state index in [2.05, 4.69) is 11.9 Å². The van der Waals surface area contributed by atoms with Crippen molar-refractivity contribution < 1.29 is 9.53 Å². The summed E-state index contributed by atoms with van der Waals surface area (Å²) in [6.45, 7) is 9.39. The van der Waals surface area contributed by atoms with Gasteiger partial charge in [-0.1, -0.05) is 12.5 Å². The van der Waals surface area contributed by atoms with Crippen molar-refractivity contribution in [2.24, 2.45) is 5.92 Å². The molecule has 1 aliphatic carbocycles. The Morgan fingerprint density at radius 2 is 2.19 bits per heavy atom. The second kappa shape index (κ2) is 5.37. The molecule has 0 saturated heterocycles. The van der Waals surface area contributed by atoms with Gasteiger partial charge in [-0.3, -0.25) is 0 Å². The molecule has 0 bridgehead atoms. The first-order valence-electron chi connectivity index (χ1n) is 6.03. The van der Waals surface area contributed by atoms with Gasteiger partial charge < -0.3 is 10.1 Å². The fraction of sp³-hybridized carbons (Fsp3) is 0.769. The third-order valence-electron chi connectivity index (χ3n) is 2.83. The lowest BCUT2D eigenvalue weighted by molar-refractivity contribution is 0.0493. The highest BCUT2D eigenvalue weighted by Gasteiger charge is 2.28. The summed E-state index contributed by atoms with van der Waals surface area (Å²) in [6.07, 6.45) is 6.01. The molecular formula is C13H23NO2. The van der Waals surface area contributed by atoms with Crippen molar-refractivity contribution in [1.29, 1.82) is 0 Å². The van der Waals surface area contributed by atoms with Gasteiger partial charge in [0.15, 0.2) is 0 Å². The Morgan fingerprint density at radius 1 is 1.50 bits per heavy atom. The Kier molecular flexibility index (Phi) is 4.39. The average molecular weight is 225 g/mol. The molecule has 0 radical (unpaired) electrons. The van der Waals surface area contributed by atoms with Crippen molar-refractivity contribution in [2.45, 2.75) is 58.1 Å². The van der Waals surface area contributed by atoms with E-state index in [-0.39, 0.29) is 12.1 Å². The van der Waals surface area contributed by atoms with Crippen LogP contribution in [0.5, 0.6) is 0 Å². The van der Waals surface area contributed by atoms with Gasteiger partial charge >= 0.3 is 6.09 Å². The molecule has 3 nitrogen and oxygen atoms in total. The van der Waals surface area contributed by atoms with Crippen molar-refractivity contribution in [2.75, 3.05) is 0 Å². The summed E-state index contributed by atoms with van der Waals surface area (Å²) in [6, 6.07) is 0.257. The number of amides is 1. The molecule has 0 aromatic rings. The number of hydrogen-bond donors (Lipinski definition) is 1. The molecule has 2 atom stereocenters. The molecule has 1 aliphatic rings. The number of rotatable bonds is 3. The van der Waals surface area contributed by atoms with Crippen molar-refractivity contribution in [1.82, 2.24) is 5.32 Å². The molecule has 1 rings (SSSR count). The van der Waals surface area contributed by atoms with Gasteiger partial charge in [-0.15, -0.1) is 6.58 Å². The van der Waals surface area contributed by atoms with Crippen molar-refractivity contribution in [3.63, 3.8) is 0 Å². The van der Waals surface area contributed by atoms with Gasteiger partial charge in [-0.2, -0.15) is 0 Å². The van der Waals surface area contributed by atoms with E-state index in [1.165, 1.54) is 12.8 Å². The van der Waals surface area contributed by atoms with E-state index in [4.69, 9.17) is 4.74 Å². The van der Waals surface area contributed by atoms with Crippen LogP contribution < -0.4 is 5.32 Å². The quantitative estimate of drug-likeness (QED) is 0.749. The van der Waals surface area contributed by atoms with Gasteiger partial charge in [-0.05, 0) is 46.0 Å². The maximum Gasteiger partial charge on any atom is 0.407 e. The van der Waals surface area contributed by atoms with Crippen molar-refractivity contribution in [3.05, 3.63) is 12.7 Å². The van der Waals surface area contributed by atoms with Crippen LogP contribution in [-0.2, 0) is 4.74 Å². The Labute approximate surface area is 98.2 Å². The van der Waals surface area contributed by atoms with Crippen LogP contribution in [0.25, 0.3) is 0 Å². The van der Waals surface area contributed by atoms with Crippen LogP contribution in [0.4, 0.5) is 4.79 Å². The molecule has 0 spiro atoms. The van der Waals surface area contributed by atoms with E-state index in [1.54, 1.807) is 0 Å². The Morgan fingerprint density at radius 3 is 2.75 bits per heavy atom. The zero-order chi connectivity index (χ0) is 12.2. The van der Waals surface area contributed by atoms with Crippen LogP contribution in [0.2, 0.25) is 0 Å². The van der Waals surface area contributed by atoms with Gasteiger partial charge in [0.25, 0.3) is 0 Å². The summed E-state index contributed by atoms with van der Waals surface area (Å²) >= 11 is 0. The fourth-order valence-corrected chi connectivity index (χ4v) is 2.18. The van der Waals surface area contributed by atoms with Crippen molar-refractivity contribution >= 4 is 6.09 Å². The third-order valence-corrected chi connectivity index (χ3v) is 2.83. The maximum absolute atomic E-state index is 11.6. The van der Waals surface area contributed by atoms with E-state index in [1.807, 2.05) is 26.8 Å². The molecule has 92 valence electrons. The number of carbonyl (C=O) groups is 1. The normalized spacial score (nSPS) is 25.2. The third kappa shape index (κ3) is 4.25. The van der Waals surface area contributed by atoms with E-state index >= 15 is 0 Å². The smallest absolute Gasteiger partial charge is 0.407 e. The van der Waals surface area contributed by atoms with Gasteiger partial charge in [0.05, 0.1) is 0 Å². The Hall–Kier alpha value is -0.990. The number of carbonyl (C=O) groups excluding carboxylic acids is 1. The number of alkyl carbamates (subject to hydrolysis) is 1. The summed E-state index contributed by atoms with van der Waals surface area (Å²) in [5.41, 5.74) is -0.420. The molecule has 0 aliphatic heterocycles. The van der Waals surface area contributed by atoms with Gasteiger partial charge in [0.1, 0.15) is 5.60 Å². The van der Waals surface area contributed by atoms with E-state index in [0.29, 0.717) is 5.92 Å². The summed E-state index contributed by atoms with van der Waals surface area (Å²) in [4.78, 5) is 11.6. The summed E-state index contributed by atoms with van der Waals surface area (Å²) in [5, 5.41) is 2.96. The van der Waals surface area contributed by atoms with Crippen LogP contribution in [0.15, 0.2) is 12.7 Å². The summed E-state index contributed by atoms with van der Waals surface area (Å²) in [7, 11) is 0. The fourth-order valence-electron chi connectivity index (χ4n) is 2.18. The number of ether oxygens (including phenoxy) is 1. The van der Waals surface area contributed by atoms with Crippen LogP contribution in [0.3, 0.4) is 0 Å². The number of nitrogens with one attached hydrogen (secondary N) is 1. The summed E-state index contributed by atoms with van der Waals surface area (Å²) in [5.74, 6) is 0.532. The predicted octanol–water partition coefficient (Wildman–Crippen LogP) is 3.26. The molecule has 1 saturated carbocycles. The van der Waals surface area contributed by atoms with Crippen LogP contribution >= 0.6 is 0 Å². The minimum atomic E-state index is -0.420. The molecular weight excluding hydrogens is 202 g/mol. The number of allylic oxidation sites excluding steroid dienone is 1. The van der Waals surface area contributed by atoms with E-state index in [9.17, 15) is 4.79 Å². The van der Waals surface area contributed by atoms with Crippen LogP contribution in [-0.4, -0.2) is 17.7 Å². The van der Waals surface area contributed by atoms with Crippen molar-refractivity contribution in [3.8, 4) is 0 Å². The zero-order valence-electron chi connectivity index (χ0n) is 10.6. The highest BCUT2D eigenvalue weighted by atomic mass is 16.6. The lowest BCUT2D eigenvalue weighted by Crippen LogP contribution is -2.40. The van der Waals surface area contributed by atoms with Gasteiger partial charge in [-0.25, -0.2) is 4.79 Å². The SMILES string of the molecule is C=CC[C@H]1CCC[C@H]1NC(=O)OC(C)(C)C. The minimum Gasteiger partial charge on any atom is -0.444 e. The highest BCUT2D eigenvalue weighted by Crippen LogP contribution is 2.28. The van der Waals surface area contributed by atoms with Crippen LogP contribution in [0, 0.1) is 5.92 Å². The Bertz CT molecular complexity index is 255. The molecule has 1 amide bonds. The highest BCUT2D eigenvalue weighted by molar-refractivity contribution is 5.68. The summed E-state index contributed by atoms with van der Waals surface area (Å²) < 4.78 is 5.25. The van der Waals surface area contributed by atoms with Crippen LogP contribution in [0.1, 0.15) is 46.5 Å². The second-order valence-corrected chi connectivity index (χ2v) is 5.47. The molecule has 0 aromatic heterocycles. The van der Waals surface area contributed by atoms with E-state index in [0.717, 1.165) is 12.8 Å². The lowest BCUT2D eigenvalue weighted by atomic mass is 10.00. The zero-order valence-corrected chi connectivity index (χ0v) is 10.6. The first-order valence-corrected chi connectivity index (χ1v) is 6.03. The Balaban J connectivity index is 2.41. The number of hydrogen-bond acceptors (Lipinski definition) is 2. The molecule has 0 unspecified atom stereocenters. The predicted molar refractivity (Wildman–Crippen MR) is 65.3 cm³/mol. The topological polar surface area (TPSA) is 38.3 Å². The standard InChI is InChI=1S/C13H23NO2/c1-5-7-10-8-6-9-11(10)14-12(15)16-13(2,3)4/h5,10-11H,1,6-9H2,2-4H3,(H,14,15)/t10-,11+/m0/s1. The monoisotopic (exact) mass is 225 g/mol. The second-order valence-electron chi connectivity index (χ2n) is 5.47. The molecule has 0 heterocycles. The lowest BCUT2D eigenvalue weighted by Gasteiger charge is -2.24. The molecule has 1 N–H and O–H groups in total. The molecule has 1 fully saturated rings. The maximum atomic E-state index is 11.6. The first-order chi connectivity index (χ1) is 7.42.